The van der Waals surface area contributed by atoms with Gasteiger partial charge in [0.25, 0.3) is 5.56 Å². The Hall–Kier alpha value is -1.55. The molecule has 2 aromatic rings. The quantitative estimate of drug-likeness (QED) is 0.898. The molecular formula is C15H21N3O. The fraction of sp³-hybridized carbons (Fsp3) is 0.533. The van der Waals surface area contributed by atoms with Gasteiger partial charge in [-0.25, -0.2) is 0 Å². The van der Waals surface area contributed by atoms with Crippen LogP contribution in [0.4, 0.5) is 0 Å². The highest BCUT2D eigenvalue weighted by Gasteiger charge is 2.23. The molecule has 0 bridgehead atoms. The second-order valence-electron chi connectivity index (χ2n) is 5.73. The number of nitrogens with one attached hydrogen (secondary N) is 1. The van der Waals surface area contributed by atoms with Crippen LogP contribution in [-0.2, 0) is 0 Å². The predicted molar refractivity (Wildman–Crippen MR) is 76.7 cm³/mol. The van der Waals surface area contributed by atoms with Gasteiger partial charge in [0, 0.05) is 29.9 Å². The van der Waals surface area contributed by atoms with Gasteiger partial charge >= 0.3 is 0 Å². The van der Waals surface area contributed by atoms with Crippen molar-refractivity contribution in [3.05, 3.63) is 40.4 Å². The van der Waals surface area contributed by atoms with Gasteiger partial charge in [-0.05, 0) is 45.8 Å². The summed E-state index contributed by atoms with van der Waals surface area (Å²) in [6, 6.07) is 5.99. The van der Waals surface area contributed by atoms with Crippen molar-refractivity contribution in [3.8, 4) is 0 Å². The maximum Gasteiger partial charge on any atom is 0.256 e. The van der Waals surface area contributed by atoms with Gasteiger partial charge in [-0.2, -0.15) is 0 Å². The first-order chi connectivity index (χ1) is 9.15. The van der Waals surface area contributed by atoms with Gasteiger partial charge in [-0.15, -0.1) is 0 Å². The van der Waals surface area contributed by atoms with Gasteiger partial charge in [0.05, 0.1) is 0 Å². The Morgan fingerprint density at radius 2 is 2.00 bits per heavy atom. The number of pyridine rings is 1. The SMILES string of the molecule is CC(C)N1CCC(c2cn3c(=O)cccc3[nH]2)CC1. The summed E-state index contributed by atoms with van der Waals surface area (Å²) >= 11 is 0. The number of hydrogen-bond donors (Lipinski definition) is 1. The molecule has 2 aromatic heterocycles. The molecular weight excluding hydrogens is 238 g/mol. The first-order valence-corrected chi connectivity index (χ1v) is 7.09. The van der Waals surface area contributed by atoms with E-state index in [4.69, 9.17) is 0 Å². The van der Waals surface area contributed by atoms with E-state index in [9.17, 15) is 4.79 Å². The highest BCUT2D eigenvalue weighted by molar-refractivity contribution is 5.40. The normalized spacial score (nSPS) is 18.5. The standard InChI is InChI=1S/C15H21N3O/c1-11(2)17-8-6-12(7-9-17)13-10-18-14(16-13)4-3-5-15(18)19/h3-5,10-12,16H,6-9H2,1-2H3. The van der Waals surface area contributed by atoms with E-state index in [1.807, 2.05) is 12.3 Å². The largest absolute Gasteiger partial charge is 0.343 e. The fourth-order valence-electron chi connectivity index (χ4n) is 2.99. The number of aromatic nitrogens is 2. The molecule has 1 aliphatic rings. The van der Waals surface area contributed by atoms with Crippen molar-refractivity contribution >= 4 is 5.65 Å². The summed E-state index contributed by atoms with van der Waals surface area (Å²) in [5.74, 6) is 0.550. The van der Waals surface area contributed by atoms with Gasteiger partial charge in [0.15, 0.2) is 0 Å². The molecule has 4 heteroatoms. The summed E-state index contributed by atoms with van der Waals surface area (Å²) < 4.78 is 1.71. The van der Waals surface area contributed by atoms with Gasteiger partial charge in [0.1, 0.15) is 5.65 Å². The third-order valence-electron chi connectivity index (χ3n) is 4.23. The summed E-state index contributed by atoms with van der Waals surface area (Å²) in [5, 5.41) is 0. The minimum Gasteiger partial charge on any atom is -0.343 e. The summed E-state index contributed by atoms with van der Waals surface area (Å²) in [4.78, 5) is 17.7. The predicted octanol–water partition coefficient (Wildman–Crippen LogP) is 2.22. The molecule has 0 aliphatic carbocycles. The molecule has 102 valence electrons. The van der Waals surface area contributed by atoms with Crippen LogP contribution in [0.15, 0.2) is 29.2 Å². The zero-order chi connectivity index (χ0) is 13.4. The molecule has 19 heavy (non-hydrogen) atoms. The number of aromatic amines is 1. The third kappa shape index (κ3) is 2.32. The average molecular weight is 259 g/mol. The molecule has 1 aliphatic heterocycles. The maximum atomic E-state index is 11.8. The number of imidazole rings is 1. The maximum absolute atomic E-state index is 11.8. The Balaban J connectivity index is 1.82. The Kier molecular flexibility index (Phi) is 3.19. The van der Waals surface area contributed by atoms with Gasteiger partial charge in [-0.3, -0.25) is 9.20 Å². The summed E-state index contributed by atoms with van der Waals surface area (Å²) in [6.07, 6.45) is 4.31. The fourth-order valence-corrected chi connectivity index (χ4v) is 2.99. The van der Waals surface area contributed by atoms with Gasteiger partial charge < -0.3 is 9.88 Å². The van der Waals surface area contributed by atoms with Crippen molar-refractivity contribution in [2.45, 2.75) is 38.6 Å². The van der Waals surface area contributed by atoms with Gasteiger partial charge in [-0.1, -0.05) is 6.07 Å². The van der Waals surface area contributed by atoms with E-state index in [0.717, 1.165) is 18.7 Å². The molecule has 1 saturated heterocycles. The average Bonchev–Trinajstić information content (AvgIpc) is 2.84. The number of hydrogen-bond acceptors (Lipinski definition) is 2. The number of likely N-dealkylation sites (tertiary alicyclic amines) is 1. The van der Waals surface area contributed by atoms with Gasteiger partial charge in [0.2, 0.25) is 0 Å². The lowest BCUT2D eigenvalue weighted by molar-refractivity contribution is 0.171. The lowest BCUT2D eigenvalue weighted by Crippen LogP contribution is -2.37. The van der Waals surface area contributed by atoms with E-state index in [1.165, 1.54) is 18.5 Å². The van der Waals surface area contributed by atoms with E-state index in [2.05, 4.69) is 23.7 Å². The van der Waals surface area contributed by atoms with Crippen LogP contribution in [0, 0.1) is 0 Å². The highest BCUT2D eigenvalue weighted by Crippen LogP contribution is 2.27. The number of nitrogens with zero attached hydrogens (tertiary/aromatic N) is 2. The molecule has 1 N–H and O–H groups in total. The minimum absolute atomic E-state index is 0.0413. The summed E-state index contributed by atoms with van der Waals surface area (Å²) in [6.45, 7) is 6.80. The number of fused-ring (bicyclic) bond motifs is 1. The van der Waals surface area contributed by atoms with Crippen molar-refractivity contribution in [3.63, 3.8) is 0 Å². The van der Waals surface area contributed by atoms with Crippen LogP contribution in [0.5, 0.6) is 0 Å². The molecule has 0 aromatic carbocycles. The van der Waals surface area contributed by atoms with Crippen molar-refractivity contribution < 1.29 is 0 Å². The monoisotopic (exact) mass is 259 g/mol. The Morgan fingerprint density at radius 1 is 1.26 bits per heavy atom. The Bertz CT molecular complexity index is 618. The van der Waals surface area contributed by atoms with E-state index in [-0.39, 0.29) is 5.56 Å². The molecule has 0 saturated carbocycles. The lowest BCUT2D eigenvalue weighted by Gasteiger charge is -2.34. The molecule has 1 fully saturated rings. The minimum atomic E-state index is 0.0413. The van der Waals surface area contributed by atoms with E-state index >= 15 is 0 Å². The van der Waals surface area contributed by atoms with Crippen molar-refractivity contribution in [1.29, 1.82) is 0 Å². The Morgan fingerprint density at radius 3 is 2.63 bits per heavy atom. The molecule has 3 heterocycles. The van der Waals surface area contributed by atoms with Crippen LogP contribution in [-0.4, -0.2) is 33.4 Å². The second-order valence-corrected chi connectivity index (χ2v) is 5.73. The Labute approximate surface area is 113 Å². The molecule has 0 atom stereocenters. The van der Waals surface area contributed by atoms with Crippen molar-refractivity contribution in [2.75, 3.05) is 13.1 Å². The molecule has 0 spiro atoms. The zero-order valence-electron chi connectivity index (χ0n) is 11.6. The topological polar surface area (TPSA) is 40.5 Å². The van der Waals surface area contributed by atoms with E-state index < -0.39 is 0 Å². The number of rotatable bonds is 2. The number of piperidine rings is 1. The summed E-state index contributed by atoms with van der Waals surface area (Å²) in [7, 11) is 0. The van der Waals surface area contributed by atoms with E-state index in [1.54, 1.807) is 16.5 Å². The second kappa shape index (κ2) is 4.85. The molecule has 3 rings (SSSR count). The molecule has 4 nitrogen and oxygen atoms in total. The van der Waals surface area contributed by atoms with E-state index in [0.29, 0.717) is 12.0 Å². The van der Waals surface area contributed by atoms with Crippen LogP contribution in [0.2, 0.25) is 0 Å². The van der Waals surface area contributed by atoms with Crippen LogP contribution in [0.3, 0.4) is 0 Å². The number of H-pyrrole nitrogens is 1. The third-order valence-corrected chi connectivity index (χ3v) is 4.23. The smallest absolute Gasteiger partial charge is 0.256 e. The summed E-state index contributed by atoms with van der Waals surface area (Å²) in [5.41, 5.74) is 2.14. The van der Waals surface area contributed by atoms with Crippen LogP contribution >= 0.6 is 0 Å². The highest BCUT2D eigenvalue weighted by atomic mass is 16.1. The molecule has 0 radical (unpaired) electrons. The lowest BCUT2D eigenvalue weighted by atomic mass is 9.93. The first kappa shape index (κ1) is 12.5. The molecule has 0 amide bonds. The van der Waals surface area contributed by atoms with Crippen LogP contribution in [0.25, 0.3) is 5.65 Å². The first-order valence-electron chi connectivity index (χ1n) is 7.09. The zero-order valence-corrected chi connectivity index (χ0v) is 11.6. The van der Waals surface area contributed by atoms with Crippen LogP contribution in [0.1, 0.15) is 38.3 Å². The van der Waals surface area contributed by atoms with Crippen molar-refractivity contribution in [2.24, 2.45) is 0 Å². The van der Waals surface area contributed by atoms with Crippen LogP contribution < -0.4 is 5.56 Å². The molecule has 0 unspecified atom stereocenters. The van der Waals surface area contributed by atoms with Crippen molar-refractivity contribution in [1.82, 2.24) is 14.3 Å².